The summed E-state index contributed by atoms with van der Waals surface area (Å²) in [4.78, 5) is 23.5. The number of Topliss-reactive ketones (excluding diaryl/α,β-unsaturated/α-hetero) is 1. The van der Waals surface area contributed by atoms with Crippen LogP contribution in [-0.2, 0) is 19.1 Å². The third-order valence-electron chi connectivity index (χ3n) is 6.06. The van der Waals surface area contributed by atoms with Crippen molar-refractivity contribution in [2.24, 2.45) is 5.92 Å². The van der Waals surface area contributed by atoms with Crippen LogP contribution in [0.4, 0.5) is 0 Å². The van der Waals surface area contributed by atoms with Gasteiger partial charge in [-0.3, -0.25) is 4.79 Å². The molecule has 3 aliphatic rings. The summed E-state index contributed by atoms with van der Waals surface area (Å²) in [6.45, 7) is 10.2. The highest BCUT2D eigenvalue weighted by Crippen LogP contribution is 2.43. The van der Waals surface area contributed by atoms with Crippen molar-refractivity contribution in [2.45, 2.75) is 78.3 Å². The number of fused-ring (bicyclic) bond motifs is 1. The number of carboxylic acids is 1. The molecule has 0 radical (unpaired) electrons. The molecule has 32 heavy (non-hydrogen) atoms. The zero-order chi connectivity index (χ0) is 23.5. The second-order valence-electron chi connectivity index (χ2n) is 9.39. The molecule has 0 aromatic carbocycles. The van der Waals surface area contributed by atoms with Crippen LogP contribution in [0.3, 0.4) is 0 Å². The monoisotopic (exact) mass is 438 g/mol. The van der Waals surface area contributed by atoms with Crippen LogP contribution in [0.1, 0.15) is 60.3 Å². The molecule has 1 aliphatic carbocycles. The van der Waals surface area contributed by atoms with E-state index < -0.39 is 11.8 Å². The third kappa shape index (κ3) is 6.05. The predicted octanol–water partition coefficient (Wildman–Crippen LogP) is 5.61. The Morgan fingerprint density at radius 3 is 2.62 bits per heavy atom. The topological polar surface area (TPSA) is 72.8 Å². The highest BCUT2D eigenvalue weighted by Gasteiger charge is 2.45. The van der Waals surface area contributed by atoms with Gasteiger partial charge in [0.15, 0.2) is 5.78 Å². The molecule has 0 amide bonds. The molecule has 0 saturated heterocycles. The Morgan fingerprint density at radius 2 is 1.94 bits per heavy atom. The number of ether oxygens (including phenoxy) is 2. The number of carbonyl (C=O) groups excluding carboxylic acids is 1. The van der Waals surface area contributed by atoms with Crippen molar-refractivity contribution < 1.29 is 24.2 Å². The maximum Gasteiger partial charge on any atom is 0.328 e. The Morgan fingerprint density at radius 1 is 1.19 bits per heavy atom. The van der Waals surface area contributed by atoms with E-state index in [2.05, 4.69) is 39.8 Å². The molecule has 5 heteroatoms. The number of rotatable bonds is 6. The average molecular weight is 439 g/mol. The first-order valence-corrected chi connectivity index (χ1v) is 11.3. The summed E-state index contributed by atoms with van der Waals surface area (Å²) in [6, 6.07) is 0. The first-order valence-electron chi connectivity index (χ1n) is 11.3. The van der Waals surface area contributed by atoms with Gasteiger partial charge in [-0.15, -0.1) is 0 Å². The van der Waals surface area contributed by atoms with E-state index in [-0.39, 0.29) is 23.9 Å². The van der Waals surface area contributed by atoms with Gasteiger partial charge in [-0.05, 0) is 83.3 Å². The van der Waals surface area contributed by atoms with Gasteiger partial charge in [-0.25, -0.2) is 4.79 Å². The van der Waals surface area contributed by atoms with E-state index in [1.807, 2.05) is 18.2 Å². The van der Waals surface area contributed by atoms with Crippen LogP contribution < -0.4 is 0 Å². The summed E-state index contributed by atoms with van der Waals surface area (Å²) in [5, 5.41) is 9.15. The van der Waals surface area contributed by atoms with E-state index in [4.69, 9.17) is 14.6 Å². The molecule has 1 N–H and O–H groups in total. The van der Waals surface area contributed by atoms with Crippen LogP contribution in [0.15, 0.2) is 70.4 Å². The Kier molecular flexibility index (Phi) is 7.52. The van der Waals surface area contributed by atoms with Gasteiger partial charge in [0, 0.05) is 18.4 Å². The van der Waals surface area contributed by atoms with E-state index in [1.165, 1.54) is 11.1 Å². The number of allylic oxidation sites excluding steroid dienone is 5. The molecule has 0 unspecified atom stereocenters. The largest absolute Gasteiger partial charge is 0.478 e. The minimum absolute atomic E-state index is 0.0597. The Bertz CT molecular complexity index is 955. The molecule has 0 aromatic heterocycles. The Balaban J connectivity index is 1.91. The molecule has 0 fully saturated rings. The number of hydrogen-bond donors (Lipinski definition) is 1. The van der Waals surface area contributed by atoms with Crippen LogP contribution >= 0.6 is 0 Å². The van der Waals surface area contributed by atoms with Crippen molar-refractivity contribution in [3.05, 3.63) is 70.4 Å². The van der Waals surface area contributed by atoms with Gasteiger partial charge in [0.1, 0.15) is 0 Å². The van der Waals surface area contributed by atoms with Gasteiger partial charge >= 0.3 is 5.97 Å². The van der Waals surface area contributed by atoms with Gasteiger partial charge in [0.05, 0.1) is 12.2 Å². The van der Waals surface area contributed by atoms with Crippen molar-refractivity contribution >= 4 is 11.8 Å². The fraction of sp³-hybridized carbons (Fsp3) is 0.481. The standard InChI is InChI=1S/C27H34O5/c1-17(2)7-6-8-18(3)11-22-12-19(4)15-27(31-22)16-21(9-10-26(29)30)23-14-24(28)20(5)13-25(23)32-27/h7,9-11,13,15-16,22-23,25H,6,8,12,14H2,1-5H3,(H,29,30)/b10-9+,18-11+/t22-,23-,25-,27+/m1/s1. The molecule has 1 spiro atoms. The summed E-state index contributed by atoms with van der Waals surface area (Å²) >= 11 is 0. The SMILES string of the molecule is CC(C)=CCC/C(C)=C/[C@@H]1CC(C)=C[C@]2(C=C(/C=C/C(=O)O)[C@H]3CC(=O)C(C)=C[C@H]3O2)O1. The fourth-order valence-electron chi connectivity index (χ4n) is 4.53. The minimum atomic E-state index is -1.08. The van der Waals surface area contributed by atoms with Gasteiger partial charge < -0.3 is 14.6 Å². The molecule has 0 saturated carbocycles. The van der Waals surface area contributed by atoms with E-state index in [0.717, 1.165) is 36.5 Å². The molecule has 172 valence electrons. The fourth-order valence-corrected chi connectivity index (χ4v) is 4.53. The van der Waals surface area contributed by atoms with Gasteiger partial charge in [-0.2, -0.15) is 0 Å². The zero-order valence-corrected chi connectivity index (χ0v) is 19.7. The maximum absolute atomic E-state index is 12.3. The second-order valence-corrected chi connectivity index (χ2v) is 9.39. The lowest BCUT2D eigenvalue weighted by molar-refractivity contribution is -0.223. The Hall–Kier alpha value is -2.50. The van der Waals surface area contributed by atoms with Crippen molar-refractivity contribution in [3.63, 3.8) is 0 Å². The number of carboxylic acid groups (broad SMARTS) is 1. The van der Waals surface area contributed by atoms with Gasteiger partial charge in [0.25, 0.3) is 0 Å². The average Bonchev–Trinajstić information content (AvgIpc) is 2.66. The van der Waals surface area contributed by atoms with E-state index in [1.54, 1.807) is 13.0 Å². The molecule has 5 nitrogen and oxygen atoms in total. The van der Waals surface area contributed by atoms with Crippen molar-refractivity contribution in [3.8, 4) is 0 Å². The van der Waals surface area contributed by atoms with E-state index in [9.17, 15) is 9.59 Å². The van der Waals surface area contributed by atoms with Crippen LogP contribution in [0.5, 0.6) is 0 Å². The molecule has 3 rings (SSSR count). The lowest BCUT2D eigenvalue weighted by Gasteiger charge is -2.45. The van der Waals surface area contributed by atoms with Crippen molar-refractivity contribution in [2.75, 3.05) is 0 Å². The predicted molar refractivity (Wildman–Crippen MR) is 125 cm³/mol. The lowest BCUT2D eigenvalue weighted by atomic mass is 9.78. The summed E-state index contributed by atoms with van der Waals surface area (Å²) in [6.07, 6.45) is 15.3. The number of hydrogen-bond acceptors (Lipinski definition) is 4. The van der Waals surface area contributed by atoms with Gasteiger partial charge in [0.2, 0.25) is 5.79 Å². The summed E-state index contributed by atoms with van der Waals surface area (Å²) < 4.78 is 12.9. The lowest BCUT2D eigenvalue weighted by Crippen LogP contribution is -2.48. The quantitative estimate of drug-likeness (QED) is 0.431. The molecule has 0 bridgehead atoms. The van der Waals surface area contributed by atoms with Crippen LogP contribution in [0.2, 0.25) is 0 Å². The smallest absolute Gasteiger partial charge is 0.328 e. The van der Waals surface area contributed by atoms with Crippen molar-refractivity contribution in [1.29, 1.82) is 0 Å². The minimum Gasteiger partial charge on any atom is -0.478 e. The zero-order valence-electron chi connectivity index (χ0n) is 19.7. The van der Waals surface area contributed by atoms with Crippen molar-refractivity contribution in [1.82, 2.24) is 0 Å². The molecular weight excluding hydrogens is 404 g/mol. The highest BCUT2D eigenvalue weighted by atomic mass is 16.7. The number of carbonyl (C=O) groups is 2. The van der Waals surface area contributed by atoms with Gasteiger partial charge in [-0.1, -0.05) is 34.9 Å². The second kappa shape index (κ2) is 9.97. The summed E-state index contributed by atoms with van der Waals surface area (Å²) in [7, 11) is 0. The van der Waals surface area contributed by atoms with Crippen LogP contribution in [0, 0.1) is 5.92 Å². The van der Waals surface area contributed by atoms with E-state index >= 15 is 0 Å². The number of aliphatic carboxylic acids is 1. The summed E-state index contributed by atoms with van der Waals surface area (Å²) in [5.41, 5.74) is 5.16. The Labute approximate surface area is 190 Å². The first-order chi connectivity index (χ1) is 15.1. The maximum atomic E-state index is 12.3. The highest BCUT2D eigenvalue weighted by molar-refractivity contribution is 5.96. The molecule has 2 heterocycles. The molecule has 0 aromatic rings. The van der Waals surface area contributed by atoms with Crippen LogP contribution in [0.25, 0.3) is 0 Å². The van der Waals surface area contributed by atoms with Crippen LogP contribution in [-0.4, -0.2) is 34.9 Å². The molecule has 2 aliphatic heterocycles. The normalized spacial score (nSPS) is 30.5. The number of ketones is 1. The third-order valence-corrected chi connectivity index (χ3v) is 6.06. The van der Waals surface area contributed by atoms with E-state index in [0.29, 0.717) is 12.0 Å². The first kappa shape index (κ1) is 24.1. The summed E-state index contributed by atoms with van der Waals surface area (Å²) in [5.74, 6) is -2.27. The molecular formula is C27H34O5. The molecule has 4 atom stereocenters.